The summed E-state index contributed by atoms with van der Waals surface area (Å²) in [7, 11) is -3.75. The Kier molecular flexibility index (Phi) is 8.62. The second-order valence-corrected chi connectivity index (χ2v) is 9.28. The summed E-state index contributed by atoms with van der Waals surface area (Å²) < 4.78 is 64.5. The van der Waals surface area contributed by atoms with Gasteiger partial charge >= 0.3 is 6.18 Å². The molecule has 0 aliphatic carbocycles. The third-order valence-electron chi connectivity index (χ3n) is 5.05. The number of carbonyl (C=O) groups is 2. The van der Waals surface area contributed by atoms with Crippen molar-refractivity contribution >= 4 is 21.8 Å². The number of hydrogen-bond acceptors (Lipinski definition) is 4. The van der Waals surface area contributed by atoms with Crippen LogP contribution in [-0.4, -0.2) is 37.6 Å². The van der Waals surface area contributed by atoms with Crippen molar-refractivity contribution in [3.05, 3.63) is 65.2 Å². The number of amides is 2. The molecule has 0 bridgehead atoms. The molecule has 0 aliphatic heterocycles. The predicted molar refractivity (Wildman–Crippen MR) is 117 cm³/mol. The van der Waals surface area contributed by atoms with Crippen molar-refractivity contribution < 1.29 is 31.2 Å². The molecule has 1 atom stereocenters. The number of benzene rings is 2. The van der Waals surface area contributed by atoms with Gasteiger partial charge in [0, 0.05) is 25.1 Å². The van der Waals surface area contributed by atoms with Crippen LogP contribution in [0.1, 0.15) is 54.6 Å². The molecule has 11 heteroatoms. The molecule has 0 aromatic heterocycles. The van der Waals surface area contributed by atoms with E-state index >= 15 is 0 Å². The zero-order chi connectivity index (χ0) is 24.8. The van der Waals surface area contributed by atoms with E-state index in [9.17, 15) is 31.2 Å². The summed E-state index contributed by atoms with van der Waals surface area (Å²) in [6, 6.07) is 9.96. The minimum atomic E-state index is -4.44. The van der Waals surface area contributed by atoms with Crippen LogP contribution in [0.3, 0.4) is 0 Å². The molecule has 0 spiro atoms. The van der Waals surface area contributed by atoms with Crippen LogP contribution in [0.15, 0.2) is 53.4 Å². The van der Waals surface area contributed by atoms with Gasteiger partial charge in [0.1, 0.15) is 0 Å². The summed E-state index contributed by atoms with van der Waals surface area (Å²) in [6.07, 6.45) is -4.52. The molecule has 2 aromatic carbocycles. The number of alkyl halides is 3. The molecule has 0 heterocycles. The van der Waals surface area contributed by atoms with Crippen molar-refractivity contribution in [3.8, 4) is 0 Å². The number of sulfonamides is 1. The lowest BCUT2D eigenvalue weighted by Gasteiger charge is -2.18. The van der Waals surface area contributed by atoms with Crippen LogP contribution in [0.5, 0.6) is 0 Å². The fourth-order valence-electron chi connectivity index (χ4n) is 3.16. The zero-order valence-electron chi connectivity index (χ0n) is 18.4. The highest BCUT2D eigenvalue weighted by molar-refractivity contribution is 7.89. The number of nitrogens with one attached hydrogen (secondary N) is 2. The third kappa shape index (κ3) is 6.78. The Balaban J connectivity index is 1.98. The topological polar surface area (TPSA) is 95.6 Å². The Labute approximate surface area is 191 Å². The number of hydrogen-bond donors (Lipinski definition) is 2. The molecule has 0 saturated heterocycles. The zero-order valence-corrected chi connectivity index (χ0v) is 19.3. The van der Waals surface area contributed by atoms with E-state index < -0.39 is 39.5 Å². The number of halogens is 3. The fraction of sp³-hybridized carbons (Fsp3) is 0.364. The molecule has 0 fully saturated rings. The molecule has 0 saturated carbocycles. The van der Waals surface area contributed by atoms with Gasteiger partial charge in [0.15, 0.2) is 0 Å². The third-order valence-corrected chi connectivity index (χ3v) is 7.10. The quantitative estimate of drug-likeness (QED) is 0.558. The Bertz CT molecular complexity index is 1080. The monoisotopic (exact) mass is 485 g/mol. The van der Waals surface area contributed by atoms with E-state index in [4.69, 9.17) is 0 Å². The summed E-state index contributed by atoms with van der Waals surface area (Å²) in [5.41, 5.74) is 4.27. The second kappa shape index (κ2) is 10.8. The average molecular weight is 486 g/mol. The van der Waals surface area contributed by atoms with Crippen molar-refractivity contribution in [2.75, 3.05) is 13.1 Å². The Hall–Kier alpha value is -2.92. The van der Waals surface area contributed by atoms with E-state index in [1.54, 1.807) is 20.8 Å². The van der Waals surface area contributed by atoms with Gasteiger partial charge in [-0.05, 0) is 41.8 Å². The predicted octanol–water partition coefficient (Wildman–Crippen LogP) is 3.69. The van der Waals surface area contributed by atoms with Crippen molar-refractivity contribution in [1.82, 2.24) is 15.2 Å². The van der Waals surface area contributed by atoms with Crippen molar-refractivity contribution in [2.24, 2.45) is 0 Å². The molecule has 2 N–H and O–H groups in total. The van der Waals surface area contributed by atoms with E-state index in [1.165, 1.54) is 40.7 Å². The standard InChI is InChI=1S/C22H26F3N3O4S/c1-4-28(5-2)33(31,32)19-8-6-7-17(14-19)21(30)27-26-20(29)13-15(3)16-9-11-18(12-10-16)22(23,24)25/h6-12,14-15H,4-5,13H2,1-3H3,(H,26,29)(H,27,30). The first-order chi connectivity index (χ1) is 15.4. The van der Waals surface area contributed by atoms with Crippen LogP contribution in [0.4, 0.5) is 13.2 Å². The van der Waals surface area contributed by atoms with Crippen molar-refractivity contribution in [3.63, 3.8) is 0 Å². The molecule has 33 heavy (non-hydrogen) atoms. The lowest BCUT2D eigenvalue weighted by atomic mass is 9.96. The maximum absolute atomic E-state index is 12.7. The molecule has 1 unspecified atom stereocenters. The van der Waals surface area contributed by atoms with Gasteiger partial charge < -0.3 is 0 Å². The SMILES string of the molecule is CCN(CC)S(=O)(=O)c1cccc(C(=O)NNC(=O)CC(C)c2ccc(C(F)(F)F)cc2)c1. The fourth-order valence-corrected chi connectivity index (χ4v) is 4.66. The van der Waals surface area contributed by atoms with Crippen LogP contribution in [0.25, 0.3) is 0 Å². The number of rotatable bonds is 8. The molecule has 180 valence electrons. The second-order valence-electron chi connectivity index (χ2n) is 7.34. The van der Waals surface area contributed by atoms with E-state index in [0.29, 0.717) is 5.56 Å². The molecule has 0 aliphatic rings. The van der Waals surface area contributed by atoms with Crippen LogP contribution in [0.2, 0.25) is 0 Å². The maximum Gasteiger partial charge on any atom is 0.416 e. The Morgan fingerprint density at radius 2 is 1.61 bits per heavy atom. The minimum absolute atomic E-state index is 0.0406. The van der Waals surface area contributed by atoms with Crippen LogP contribution >= 0.6 is 0 Å². The largest absolute Gasteiger partial charge is 0.416 e. The first-order valence-corrected chi connectivity index (χ1v) is 11.7. The van der Waals surface area contributed by atoms with E-state index in [0.717, 1.165) is 12.1 Å². The van der Waals surface area contributed by atoms with Gasteiger partial charge in [-0.3, -0.25) is 20.4 Å². The highest BCUT2D eigenvalue weighted by atomic mass is 32.2. The molecular weight excluding hydrogens is 459 g/mol. The lowest BCUT2D eigenvalue weighted by molar-refractivity contribution is -0.137. The highest BCUT2D eigenvalue weighted by Crippen LogP contribution is 2.30. The first-order valence-electron chi connectivity index (χ1n) is 10.3. The number of carbonyl (C=O) groups excluding carboxylic acids is 2. The van der Waals surface area contributed by atoms with Gasteiger partial charge in [0.25, 0.3) is 5.91 Å². The van der Waals surface area contributed by atoms with Gasteiger partial charge in [-0.15, -0.1) is 0 Å². The maximum atomic E-state index is 12.7. The van der Waals surface area contributed by atoms with E-state index in [1.807, 2.05) is 0 Å². The van der Waals surface area contributed by atoms with Gasteiger partial charge in [-0.25, -0.2) is 8.42 Å². The van der Waals surface area contributed by atoms with Crippen LogP contribution in [0, 0.1) is 0 Å². The first kappa shape index (κ1) is 26.3. The van der Waals surface area contributed by atoms with Gasteiger partial charge in [0.2, 0.25) is 15.9 Å². The van der Waals surface area contributed by atoms with Gasteiger partial charge in [-0.1, -0.05) is 39.0 Å². The minimum Gasteiger partial charge on any atom is -0.273 e. The normalized spacial score (nSPS) is 12.9. The van der Waals surface area contributed by atoms with Crippen LogP contribution < -0.4 is 10.9 Å². The molecule has 0 radical (unpaired) electrons. The molecule has 2 amide bonds. The van der Waals surface area contributed by atoms with E-state index in [-0.39, 0.29) is 30.0 Å². The molecule has 2 rings (SSSR count). The molecule has 2 aromatic rings. The summed E-state index contributed by atoms with van der Waals surface area (Å²) in [4.78, 5) is 24.5. The van der Waals surface area contributed by atoms with Gasteiger partial charge in [-0.2, -0.15) is 17.5 Å². The lowest BCUT2D eigenvalue weighted by Crippen LogP contribution is -2.42. The summed E-state index contributed by atoms with van der Waals surface area (Å²) in [5, 5.41) is 0. The molecule has 7 nitrogen and oxygen atoms in total. The Morgan fingerprint density at radius 1 is 1.00 bits per heavy atom. The summed E-state index contributed by atoms with van der Waals surface area (Å²) >= 11 is 0. The van der Waals surface area contributed by atoms with Crippen molar-refractivity contribution in [1.29, 1.82) is 0 Å². The highest BCUT2D eigenvalue weighted by Gasteiger charge is 2.30. The summed E-state index contributed by atoms with van der Waals surface area (Å²) in [5.74, 6) is -1.66. The van der Waals surface area contributed by atoms with Crippen molar-refractivity contribution in [2.45, 2.75) is 44.2 Å². The smallest absolute Gasteiger partial charge is 0.273 e. The molecular formula is C22H26F3N3O4S. The Morgan fingerprint density at radius 3 is 2.15 bits per heavy atom. The number of hydrazine groups is 1. The van der Waals surface area contributed by atoms with Gasteiger partial charge in [0.05, 0.1) is 10.5 Å². The average Bonchev–Trinajstić information content (AvgIpc) is 2.77. The van der Waals surface area contributed by atoms with E-state index in [2.05, 4.69) is 10.9 Å². The van der Waals surface area contributed by atoms with Crippen LogP contribution in [-0.2, 0) is 21.0 Å². The number of nitrogens with zero attached hydrogens (tertiary/aromatic N) is 1. The summed E-state index contributed by atoms with van der Waals surface area (Å²) in [6.45, 7) is 5.65.